The van der Waals surface area contributed by atoms with Crippen molar-refractivity contribution in [2.24, 2.45) is 0 Å². The third-order valence-electron chi connectivity index (χ3n) is 4.45. The molecule has 0 saturated carbocycles. The summed E-state index contributed by atoms with van der Waals surface area (Å²) in [5.74, 6) is 0.339. The summed E-state index contributed by atoms with van der Waals surface area (Å²) in [6, 6.07) is 8.19. The van der Waals surface area contributed by atoms with Crippen LogP contribution in [0.2, 0.25) is 0 Å². The Morgan fingerprint density at radius 3 is 2.62 bits per heavy atom. The highest BCUT2D eigenvalue weighted by Crippen LogP contribution is 2.45. The molecule has 4 rings (SSSR count). The Hall–Kier alpha value is -2.35. The molecule has 0 saturated heterocycles. The largest absolute Gasteiger partial charge is 0.507 e. The second kappa shape index (κ2) is 4.08. The average molecular weight is 276 g/mol. The fraction of sp³-hybridized carbons (Fsp3) is 0.211. The van der Waals surface area contributed by atoms with E-state index in [9.17, 15) is 9.90 Å². The number of carbonyl (C=O) groups is 1. The van der Waals surface area contributed by atoms with E-state index in [-0.39, 0.29) is 11.5 Å². The molecule has 2 aliphatic rings. The highest BCUT2D eigenvalue weighted by molar-refractivity contribution is 6.11. The van der Waals surface area contributed by atoms with Crippen LogP contribution in [0.15, 0.2) is 29.8 Å². The molecule has 0 atom stereocenters. The Labute approximate surface area is 123 Å². The molecule has 0 spiro atoms. The van der Waals surface area contributed by atoms with Crippen molar-refractivity contribution in [2.45, 2.75) is 26.7 Å². The zero-order chi connectivity index (χ0) is 14.7. The molecule has 0 aromatic heterocycles. The first-order valence-electron chi connectivity index (χ1n) is 7.23. The van der Waals surface area contributed by atoms with Crippen molar-refractivity contribution in [1.82, 2.24) is 0 Å². The van der Waals surface area contributed by atoms with Crippen LogP contribution in [-0.4, -0.2) is 10.9 Å². The number of aromatic hydroxyl groups is 1. The van der Waals surface area contributed by atoms with Gasteiger partial charge in [-0.1, -0.05) is 35.4 Å². The van der Waals surface area contributed by atoms with Crippen LogP contribution in [0.5, 0.6) is 5.75 Å². The Bertz CT molecular complexity index is 841. The van der Waals surface area contributed by atoms with E-state index in [1.165, 1.54) is 11.1 Å². The lowest BCUT2D eigenvalue weighted by atomic mass is 9.85. The van der Waals surface area contributed by atoms with E-state index in [0.717, 1.165) is 28.7 Å². The van der Waals surface area contributed by atoms with Crippen LogP contribution in [0.1, 0.15) is 46.0 Å². The first-order chi connectivity index (χ1) is 10.0. The molecule has 0 aliphatic heterocycles. The summed E-state index contributed by atoms with van der Waals surface area (Å²) in [7, 11) is 0. The Balaban J connectivity index is 2.08. The van der Waals surface area contributed by atoms with Crippen molar-refractivity contribution in [3.63, 3.8) is 0 Å². The number of fused-ring (bicyclic) bond motifs is 5. The van der Waals surface area contributed by atoms with Crippen LogP contribution in [0.4, 0.5) is 0 Å². The third-order valence-corrected chi connectivity index (χ3v) is 4.45. The summed E-state index contributed by atoms with van der Waals surface area (Å²) in [4.78, 5) is 12.5. The Morgan fingerprint density at radius 1 is 1.00 bits per heavy atom. The Morgan fingerprint density at radius 2 is 1.81 bits per heavy atom. The Kier molecular flexibility index (Phi) is 2.41. The van der Waals surface area contributed by atoms with Gasteiger partial charge in [-0.3, -0.25) is 4.79 Å². The van der Waals surface area contributed by atoms with E-state index in [1.807, 2.05) is 19.1 Å². The SMILES string of the molecule is CC1=Cc2c(O)cc3c(c2C(=O)C1)-c1ccc(C)cc1C3. The molecule has 2 aromatic rings. The summed E-state index contributed by atoms with van der Waals surface area (Å²) in [5.41, 5.74) is 8.12. The highest BCUT2D eigenvalue weighted by atomic mass is 16.3. The van der Waals surface area contributed by atoms with Crippen LogP contribution >= 0.6 is 0 Å². The molecule has 2 aromatic carbocycles. The fourth-order valence-electron chi connectivity index (χ4n) is 3.58. The van der Waals surface area contributed by atoms with Crippen molar-refractivity contribution in [1.29, 1.82) is 0 Å². The number of benzene rings is 2. The molecule has 1 N–H and O–H groups in total. The maximum absolute atomic E-state index is 12.5. The summed E-state index contributed by atoms with van der Waals surface area (Å²) in [6.45, 7) is 4.01. The lowest BCUT2D eigenvalue weighted by molar-refractivity contribution is 0.0991. The van der Waals surface area contributed by atoms with Crippen molar-refractivity contribution in [3.8, 4) is 16.9 Å². The molecular weight excluding hydrogens is 260 g/mol. The lowest BCUT2D eigenvalue weighted by Gasteiger charge is -2.18. The number of hydrogen-bond acceptors (Lipinski definition) is 2. The third kappa shape index (κ3) is 1.69. The van der Waals surface area contributed by atoms with Gasteiger partial charge >= 0.3 is 0 Å². The van der Waals surface area contributed by atoms with Crippen molar-refractivity contribution in [3.05, 3.63) is 57.7 Å². The predicted molar refractivity (Wildman–Crippen MR) is 83.7 cm³/mol. The smallest absolute Gasteiger partial charge is 0.168 e. The standard InChI is InChI=1S/C19H16O2/c1-10-3-4-14-12(5-10)8-13-9-16(20)15-6-11(2)7-17(21)19(15)18(13)14/h3-6,9,20H,7-8H2,1-2H3. The molecule has 0 radical (unpaired) electrons. The summed E-state index contributed by atoms with van der Waals surface area (Å²) >= 11 is 0. The molecule has 0 amide bonds. The van der Waals surface area contributed by atoms with Gasteiger partial charge in [0, 0.05) is 17.5 Å². The van der Waals surface area contributed by atoms with Gasteiger partial charge in [0.1, 0.15) is 5.75 Å². The average Bonchev–Trinajstić information content (AvgIpc) is 2.75. The molecule has 21 heavy (non-hydrogen) atoms. The number of rotatable bonds is 0. The zero-order valence-electron chi connectivity index (χ0n) is 12.2. The minimum absolute atomic E-state index is 0.116. The number of allylic oxidation sites excluding steroid dienone is 1. The number of phenols is 1. The van der Waals surface area contributed by atoms with Crippen LogP contribution in [-0.2, 0) is 6.42 Å². The highest BCUT2D eigenvalue weighted by Gasteiger charge is 2.30. The number of Topliss-reactive ketones (excluding diaryl/α,β-unsaturated/α-hetero) is 1. The maximum atomic E-state index is 12.5. The molecule has 0 bridgehead atoms. The van der Waals surface area contributed by atoms with E-state index in [4.69, 9.17) is 0 Å². The lowest BCUT2D eigenvalue weighted by Crippen LogP contribution is -2.10. The number of ketones is 1. The molecule has 2 aliphatic carbocycles. The normalized spacial score (nSPS) is 15.3. The van der Waals surface area contributed by atoms with E-state index < -0.39 is 0 Å². The topological polar surface area (TPSA) is 37.3 Å². The fourth-order valence-corrected chi connectivity index (χ4v) is 3.58. The van der Waals surface area contributed by atoms with Crippen LogP contribution in [0.25, 0.3) is 17.2 Å². The van der Waals surface area contributed by atoms with Crippen LogP contribution in [0, 0.1) is 6.92 Å². The van der Waals surface area contributed by atoms with Crippen molar-refractivity contribution in [2.75, 3.05) is 0 Å². The molecule has 0 unspecified atom stereocenters. The van der Waals surface area contributed by atoms with Gasteiger partial charge in [0.2, 0.25) is 0 Å². The monoisotopic (exact) mass is 276 g/mol. The minimum Gasteiger partial charge on any atom is -0.507 e. The van der Waals surface area contributed by atoms with Gasteiger partial charge in [-0.05, 0) is 48.6 Å². The van der Waals surface area contributed by atoms with Crippen molar-refractivity contribution < 1.29 is 9.90 Å². The molecule has 0 heterocycles. The van der Waals surface area contributed by atoms with Gasteiger partial charge < -0.3 is 5.11 Å². The van der Waals surface area contributed by atoms with Gasteiger partial charge in [-0.15, -0.1) is 0 Å². The van der Waals surface area contributed by atoms with E-state index in [1.54, 1.807) is 0 Å². The van der Waals surface area contributed by atoms with Crippen molar-refractivity contribution >= 4 is 11.9 Å². The molecular formula is C19H16O2. The van der Waals surface area contributed by atoms with Gasteiger partial charge in [0.05, 0.1) is 0 Å². The number of phenolic OH excluding ortho intramolecular Hbond substituents is 1. The molecule has 2 heteroatoms. The molecule has 104 valence electrons. The molecule has 0 fully saturated rings. The number of carbonyl (C=O) groups excluding carboxylic acids is 1. The zero-order valence-corrected chi connectivity index (χ0v) is 12.2. The van der Waals surface area contributed by atoms with Crippen LogP contribution in [0.3, 0.4) is 0 Å². The predicted octanol–water partition coefficient (Wildman–Crippen LogP) is 4.26. The quantitative estimate of drug-likeness (QED) is 0.666. The number of hydrogen-bond donors (Lipinski definition) is 1. The van der Waals surface area contributed by atoms with Gasteiger partial charge in [-0.2, -0.15) is 0 Å². The van der Waals surface area contributed by atoms with E-state index in [0.29, 0.717) is 17.5 Å². The molecule has 2 nitrogen and oxygen atoms in total. The second-order valence-electron chi connectivity index (χ2n) is 6.15. The number of aryl methyl sites for hydroxylation is 1. The van der Waals surface area contributed by atoms with E-state index in [2.05, 4.69) is 25.1 Å². The van der Waals surface area contributed by atoms with Gasteiger partial charge in [0.25, 0.3) is 0 Å². The van der Waals surface area contributed by atoms with Gasteiger partial charge in [0.15, 0.2) is 5.78 Å². The summed E-state index contributed by atoms with van der Waals surface area (Å²) < 4.78 is 0. The maximum Gasteiger partial charge on any atom is 0.168 e. The second-order valence-corrected chi connectivity index (χ2v) is 6.15. The first kappa shape index (κ1) is 12.4. The van der Waals surface area contributed by atoms with Gasteiger partial charge in [-0.25, -0.2) is 0 Å². The van der Waals surface area contributed by atoms with Crippen LogP contribution < -0.4 is 0 Å². The minimum atomic E-state index is 0.116. The summed E-state index contributed by atoms with van der Waals surface area (Å²) in [5, 5.41) is 10.3. The van der Waals surface area contributed by atoms with E-state index >= 15 is 0 Å². The first-order valence-corrected chi connectivity index (χ1v) is 7.23. The summed E-state index contributed by atoms with van der Waals surface area (Å²) in [6.07, 6.45) is 3.19.